The van der Waals surface area contributed by atoms with E-state index in [0.29, 0.717) is 0 Å². The highest BCUT2D eigenvalue weighted by atomic mass is 32.1. The van der Waals surface area contributed by atoms with E-state index < -0.39 is 0 Å². The SMILES string of the molecule is Cc1cc(C)c2c(-n3cccc3)c(C(=O)N3CCCCCC3)sc2n1. The predicted octanol–water partition coefficient (Wildman–Crippen LogP) is 4.72. The van der Waals surface area contributed by atoms with Gasteiger partial charge in [-0.3, -0.25) is 4.79 Å². The average Bonchev–Trinajstić information content (AvgIpc) is 3.14. The maximum Gasteiger partial charge on any atom is 0.266 e. The lowest BCUT2D eigenvalue weighted by Crippen LogP contribution is -2.31. The molecule has 3 aromatic heterocycles. The lowest BCUT2D eigenvalue weighted by Gasteiger charge is -2.20. The fourth-order valence-electron chi connectivity index (χ4n) is 3.72. The summed E-state index contributed by atoms with van der Waals surface area (Å²) in [7, 11) is 0. The van der Waals surface area contributed by atoms with Crippen molar-refractivity contribution < 1.29 is 4.79 Å². The third-order valence-electron chi connectivity index (χ3n) is 4.91. The largest absolute Gasteiger partial charge is 0.338 e. The molecule has 25 heavy (non-hydrogen) atoms. The number of likely N-dealkylation sites (tertiary alicyclic amines) is 1. The van der Waals surface area contributed by atoms with Crippen LogP contribution in [0.2, 0.25) is 0 Å². The quantitative estimate of drug-likeness (QED) is 0.668. The number of hydrogen-bond donors (Lipinski definition) is 0. The van der Waals surface area contributed by atoms with Crippen molar-refractivity contribution in [2.24, 2.45) is 0 Å². The number of amides is 1. The van der Waals surface area contributed by atoms with Crippen LogP contribution in [0.25, 0.3) is 15.9 Å². The molecule has 0 atom stereocenters. The zero-order chi connectivity index (χ0) is 17.4. The van der Waals surface area contributed by atoms with Crippen molar-refractivity contribution in [3.8, 4) is 5.69 Å². The number of aromatic nitrogens is 2. The van der Waals surface area contributed by atoms with Crippen LogP contribution in [0.3, 0.4) is 0 Å². The van der Waals surface area contributed by atoms with E-state index in [0.717, 1.165) is 52.4 Å². The molecule has 0 radical (unpaired) electrons. The van der Waals surface area contributed by atoms with Gasteiger partial charge in [-0.15, -0.1) is 11.3 Å². The van der Waals surface area contributed by atoms with Gasteiger partial charge in [0, 0.05) is 36.6 Å². The summed E-state index contributed by atoms with van der Waals surface area (Å²) in [5.74, 6) is 0.158. The third kappa shape index (κ3) is 2.97. The molecule has 0 bridgehead atoms. The van der Waals surface area contributed by atoms with Crippen LogP contribution in [0.4, 0.5) is 0 Å². The summed E-state index contributed by atoms with van der Waals surface area (Å²) in [5, 5.41) is 1.10. The summed E-state index contributed by atoms with van der Waals surface area (Å²) in [4.78, 5) is 21.8. The van der Waals surface area contributed by atoms with E-state index in [2.05, 4.69) is 17.6 Å². The second-order valence-electron chi connectivity index (χ2n) is 6.84. The van der Waals surface area contributed by atoms with E-state index in [1.807, 2.05) is 36.4 Å². The number of carbonyl (C=O) groups excluding carboxylic acids is 1. The van der Waals surface area contributed by atoms with Crippen molar-refractivity contribution in [2.45, 2.75) is 39.5 Å². The topological polar surface area (TPSA) is 38.1 Å². The minimum Gasteiger partial charge on any atom is -0.338 e. The number of thiophene rings is 1. The molecule has 0 aromatic carbocycles. The summed E-state index contributed by atoms with van der Waals surface area (Å²) in [6, 6.07) is 6.10. The van der Waals surface area contributed by atoms with Crippen molar-refractivity contribution in [1.82, 2.24) is 14.5 Å². The van der Waals surface area contributed by atoms with Gasteiger partial charge in [0.2, 0.25) is 0 Å². The molecule has 4 heterocycles. The van der Waals surface area contributed by atoms with Gasteiger partial charge in [-0.05, 0) is 50.5 Å². The zero-order valence-corrected chi connectivity index (χ0v) is 15.6. The first-order valence-electron chi connectivity index (χ1n) is 8.98. The third-order valence-corrected chi connectivity index (χ3v) is 5.97. The standard InChI is InChI=1S/C20H23N3OS/c1-14-13-15(2)21-19-16(14)17(22-9-7-8-10-22)18(25-19)20(24)23-11-5-3-4-6-12-23/h7-10,13H,3-6,11-12H2,1-2H3. The predicted molar refractivity (Wildman–Crippen MR) is 103 cm³/mol. The van der Waals surface area contributed by atoms with Crippen LogP contribution in [-0.4, -0.2) is 33.4 Å². The molecule has 5 heteroatoms. The van der Waals surface area contributed by atoms with Gasteiger partial charge in [-0.1, -0.05) is 12.8 Å². The molecule has 0 aliphatic carbocycles. The Morgan fingerprint density at radius 1 is 1.08 bits per heavy atom. The monoisotopic (exact) mass is 353 g/mol. The molecular weight excluding hydrogens is 330 g/mol. The lowest BCUT2D eigenvalue weighted by atomic mass is 10.1. The van der Waals surface area contributed by atoms with Gasteiger partial charge in [0.25, 0.3) is 5.91 Å². The van der Waals surface area contributed by atoms with E-state index in [4.69, 9.17) is 4.98 Å². The number of hydrogen-bond acceptors (Lipinski definition) is 3. The Kier molecular flexibility index (Phi) is 4.34. The lowest BCUT2D eigenvalue weighted by molar-refractivity contribution is 0.0766. The molecule has 1 aliphatic heterocycles. The van der Waals surface area contributed by atoms with Crippen molar-refractivity contribution in [3.63, 3.8) is 0 Å². The Hall–Kier alpha value is -2.14. The average molecular weight is 353 g/mol. The molecule has 3 aromatic rings. The first-order chi connectivity index (χ1) is 12.1. The van der Waals surface area contributed by atoms with E-state index >= 15 is 0 Å². The van der Waals surface area contributed by atoms with E-state index in [-0.39, 0.29) is 5.91 Å². The van der Waals surface area contributed by atoms with Gasteiger partial charge in [0.05, 0.1) is 5.69 Å². The molecule has 1 saturated heterocycles. The summed E-state index contributed by atoms with van der Waals surface area (Å²) < 4.78 is 2.06. The van der Waals surface area contributed by atoms with E-state index in [1.54, 1.807) is 0 Å². The number of carbonyl (C=O) groups is 1. The van der Waals surface area contributed by atoms with Crippen LogP contribution < -0.4 is 0 Å². The molecule has 0 N–H and O–H groups in total. The fourth-order valence-corrected chi connectivity index (χ4v) is 4.98. The summed E-state index contributed by atoms with van der Waals surface area (Å²) >= 11 is 1.54. The molecule has 130 valence electrons. The second-order valence-corrected chi connectivity index (χ2v) is 7.84. The first kappa shape index (κ1) is 16.3. The van der Waals surface area contributed by atoms with Gasteiger partial charge in [-0.25, -0.2) is 4.98 Å². The molecule has 1 amide bonds. The highest BCUT2D eigenvalue weighted by molar-refractivity contribution is 7.21. The minimum absolute atomic E-state index is 0.158. The maximum absolute atomic E-state index is 13.3. The minimum atomic E-state index is 0.158. The Bertz CT molecular complexity index is 903. The molecule has 1 fully saturated rings. The molecule has 0 spiro atoms. The van der Waals surface area contributed by atoms with Gasteiger partial charge in [-0.2, -0.15) is 0 Å². The summed E-state index contributed by atoms with van der Waals surface area (Å²) in [6.07, 6.45) is 8.68. The molecule has 4 rings (SSSR count). The second kappa shape index (κ2) is 6.64. The smallest absolute Gasteiger partial charge is 0.266 e. The van der Waals surface area contributed by atoms with Crippen LogP contribution in [0, 0.1) is 13.8 Å². The summed E-state index contributed by atoms with van der Waals surface area (Å²) in [5.41, 5.74) is 3.17. The number of fused-ring (bicyclic) bond motifs is 1. The molecule has 0 unspecified atom stereocenters. The molecular formula is C20H23N3OS. The van der Waals surface area contributed by atoms with E-state index in [1.165, 1.54) is 29.7 Å². The maximum atomic E-state index is 13.3. The Morgan fingerprint density at radius 3 is 2.44 bits per heavy atom. The number of rotatable bonds is 2. The van der Waals surface area contributed by atoms with Gasteiger partial charge >= 0.3 is 0 Å². The van der Waals surface area contributed by atoms with Gasteiger partial charge < -0.3 is 9.47 Å². The highest BCUT2D eigenvalue weighted by Crippen LogP contribution is 2.36. The Labute approximate surface area is 152 Å². The van der Waals surface area contributed by atoms with Crippen molar-refractivity contribution in [3.05, 3.63) is 46.7 Å². The number of aryl methyl sites for hydroxylation is 2. The van der Waals surface area contributed by atoms with Gasteiger partial charge in [0.15, 0.2) is 0 Å². The molecule has 4 nitrogen and oxygen atoms in total. The van der Waals surface area contributed by atoms with Crippen LogP contribution in [0.5, 0.6) is 0 Å². The summed E-state index contributed by atoms with van der Waals surface area (Å²) in [6.45, 7) is 5.85. The highest BCUT2D eigenvalue weighted by Gasteiger charge is 2.26. The Morgan fingerprint density at radius 2 is 1.76 bits per heavy atom. The zero-order valence-electron chi connectivity index (χ0n) is 14.8. The van der Waals surface area contributed by atoms with Crippen molar-refractivity contribution in [2.75, 3.05) is 13.1 Å². The number of pyridine rings is 1. The van der Waals surface area contributed by atoms with Crippen LogP contribution in [-0.2, 0) is 0 Å². The fraction of sp³-hybridized carbons (Fsp3) is 0.400. The van der Waals surface area contributed by atoms with Crippen LogP contribution >= 0.6 is 11.3 Å². The van der Waals surface area contributed by atoms with Crippen LogP contribution in [0.15, 0.2) is 30.6 Å². The molecule has 0 saturated carbocycles. The first-order valence-corrected chi connectivity index (χ1v) is 9.80. The normalized spacial score (nSPS) is 15.5. The van der Waals surface area contributed by atoms with Crippen LogP contribution in [0.1, 0.15) is 46.6 Å². The van der Waals surface area contributed by atoms with Crippen molar-refractivity contribution >= 4 is 27.5 Å². The molecule has 1 aliphatic rings. The van der Waals surface area contributed by atoms with Gasteiger partial charge in [0.1, 0.15) is 9.71 Å². The van der Waals surface area contributed by atoms with Crippen molar-refractivity contribution in [1.29, 1.82) is 0 Å². The Balaban J connectivity index is 1.89. The van der Waals surface area contributed by atoms with E-state index in [9.17, 15) is 4.79 Å². The number of nitrogens with zero attached hydrogens (tertiary/aromatic N) is 3.